The van der Waals surface area contributed by atoms with E-state index in [0.717, 1.165) is 36.4 Å². The second kappa shape index (κ2) is 3.73. The van der Waals surface area contributed by atoms with Crippen LogP contribution in [0.3, 0.4) is 0 Å². The first-order valence-electron chi connectivity index (χ1n) is 6.01. The van der Waals surface area contributed by atoms with E-state index in [9.17, 15) is 0 Å². The number of nitrogen functional groups attached to an aromatic ring is 1. The van der Waals surface area contributed by atoms with Crippen LogP contribution >= 0.6 is 0 Å². The highest BCUT2D eigenvalue weighted by atomic mass is 16.5. The summed E-state index contributed by atoms with van der Waals surface area (Å²) in [7, 11) is 0. The van der Waals surface area contributed by atoms with Crippen LogP contribution in [0.15, 0.2) is 0 Å². The molecule has 1 saturated heterocycles. The molecule has 1 aliphatic rings. The van der Waals surface area contributed by atoms with Crippen LogP contribution in [0.4, 0.5) is 5.95 Å². The Bertz CT molecular complexity index is 550. The van der Waals surface area contributed by atoms with Gasteiger partial charge in [0.2, 0.25) is 5.95 Å². The fourth-order valence-electron chi connectivity index (χ4n) is 2.51. The molecule has 0 spiro atoms. The Morgan fingerprint density at radius 3 is 3.00 bits per heavy atom. The summed E-state index contributed by atoms with van der Waals surface area (Å²) >= 11 is 0. The third-order valence-corrected chi connectivity index (χ3v) is 3.34. The highest BCUT2D eigenvalue weighted by Gasteiger charge is 2.25. The summed E-state index contributed by atoms with van der Waals surface area (Å²) in [5.41, 5.74) is 8.90. The van der Waals surface area contributed by atoms with E-state index in [1.54, 1.807) is 0 Å². The van der Waals surface area contributed by atoms with Crippen molar-refractivity contribution in [2.45, 2.75) is 32.9 Å². The average Bonchev–Trinajstić information content (AvgIpc) is 2.97. The Morgan fingerprint density at radius 2 is 2.35 bits per heavy atom. The molecular weight excluding hydrogens is 218 g/mol. The van der Waals surface area contributed by atoms with E-state index in [2.05, 4.69) is 21.6 Å². The highest BCUT2D eigenvalue weighted by molar-refractivity contribution is 5.77. The van der Waals surface area contributed by atoms with Crippen LogP contribution in [0.25, 0.3) is 11.2 Å². The van der Waals surface area contributed by atoms with Crippen LogP contribution in [-0.4, -0.2) is 32.5 Å². The molecule has 2 aromatic heterocycles. The maximum absolute atomic E-state index is 6.03. The van der Waals surface area contributed by atoms with Crippen LogP contribution in [0.1, 0.15) is 25.1 Å². The topological polar surface area (TPSA) is 70.9 Å². The van der Waals surface area contributed by atoms with Gasteiger partial charge >= 0.3 is 0 Å². The van der Waals surface area contributed by atoms with Gasteiger partial charge in [0.1, 0.15) is 5.52 Å². The third kappa shape index (κ3) is 1.44. The van der Waals surface area contributed by atoms with Crippen molar-refractivity contribution in [1.29, 1.82) is 0 Å². The van der Waals surface area contributed by atoms with Crippen molar-refractivity contribution >= 4 is 17.1 Å². The molecule has 2 aromatic rings. The molecule has 0 aromatic carbocycles. The van der Waals surface area contributed by atoms with Gasteiger partial charge in [0.25, 0.3) is 0 Å². The minimum absolute atomic E-state index is 0.293. The molecule has 0 saturated carbocycles. The van der Waals surface area contributed by atoms with Crippen molar-refractivity contribution in [2.24, 2.45) is 0 Å². The molecule has 0 amide bonds. The van der Waals surface area contributed by atoms with Gasteiger partial charge in [-0.25, -0.2) is 9.67 Å². The minimum atomic E-state index is 0.293. The van der Waals surface area contributed by atoms with Crippen LogP contribution in [0.2, 0.25) is 0 Å². The molecule has 3 rings (SSSR count). The smallest absolute Gasteiger partial charge is 0.202 e. The second-order valence-electron chi connectivity index (χ2n) is 4.43. The number of rotatable bonds is 2. The van der Waals surface area contributed by atoms with Gasteiger partial charge in [-0.1, -0.05) is 0 Å². The molecule has 1 atom stereocenters. The van der Waals surface area contributed by atoms with Crippen LogP contribution in [-0.2, 0) is 11.3 Å². The molecule has 17 heavy (non-hydrogen) atoms. The number of hydrogen-bond acceptors (Lipinski definition) is 4. The SMILES string of the molecule is CCn1nc(C)c2nc(N)n(C3CCOC3)c21. The maximum atomic E-state index is 6.03. The highest BCUT2D eigenvalue weighted by Crippen LogP contribution is 2.29. The quantitative estimate of drug-likeness (QED) is 0.846. The van der Waals surface area contributed by atoms with Gasteiger partial charge in [-0.3, -0.25) is 4.57 Å². The number of aryl methyl sites for hydroxylation is 2. The lowest BCUT2D eigenvalue weighted by atomic mass is 10.2. The lowest BCUT2D eigenvalue weighted by Crippen LogP contribution is -2.14. The lowest BCUT2D eigenvalue weighted by molar-refractivity contribution is 0.187. The number of aromatic nitrogens is 4. The van der Waals surface area contributed by atoms with E-state index < -0.39 is 0 Å². The molecule has 0 bridgehead atoms. The number of hydrogen-bond donors (Lipinski definition) is 1. The predicted octanol–water partition coefficient (Wildman–Crippen LogP) is 1.10. The Morgan fingerprint density at radius 1 is 1.53 bits per heavy atom. The molecule has 2 N–H and O–H groups in total. The van der Waals surface area contributed by atoms with E-state index in [1.807, 2.05) is 11.6 Å². The lowest BCUT2D eigenvalue weighted by Gasteiger charge is -2.13. The summed E-state index contributed by atoms with van der Waals surface area (Å²) in [6.45, 7) is 6.37. The molecule has 1 aliphatic heterocycles. The van der Waals surface area contributed by atoms with Crippen molar-refractivity contribution in [2.75, 3.05) is 18.9 Å². The van der Waals surface area contributed by atoms with E-state index >= 15 is 0 Å². The number of nitrogens with two attached hydrogens (primary N) is 1. The molecule has 0 radical (unpaired) electrons. The fraction of sp³-hybridized carbons (Fsp3) is 0.636. The monoisotopic (exact) mass is 235 g/mol. The molecule has 3 heterocycles. The normalized spacial score (nSPS) is 20.5. The summed E-state index contributed by atoms with van der Waals surface area (Å²) in [5, 5.41) is 4.48. The van der Waals surface area contributed by atoms with Gasteiger partial charge in [-0.15, -0.1) is 0 Å². The first-order chi connectivity index (χ1) is 8.22. The van der Waals surface area contributed by atoms with Crippen molar-refractivity contribution in [3.05, 3.63) is 5.69 Å². The number of ether oxygens (including phenoxy) is 1. The van der Waals surface area contributed by atoms with Gasteiger partial charge in [0.05, 0.1) is 18.3 Å². The zero-order chi connectivity index (χ0) is 12.0. The molecular formula is C11H17N5O. The van der Waals surface area contributed by atoms with Crippen molar-refractivity contribution < 1.29 is 4.74 Å². The fourth-order valence-corrected chi connectivity index (χ4v) is 2.51. The van der Waals surface area contributed by atoms with Crippen LogP contribution in [0.5, 0.6) is 0 Å². The standard InChI is InChI=1S/C11H17N5O/c1-3-15-10-9(7(2)14-15)13-11(12)16(10)8-4-5-17-6-8/h8H,3-6H2,1-2H3,(H2,12,13). The van der Waals surface area contributed by atoms with Crippen LogP contribution in [0, 0.1) is 6.92 Å². The number of nitrogens with zero attached hydrogens (tertiary/aromatic N) is 4. The minimum Gasteiger partial charge on any atom is -0.379 e. The maximum Gasteiger partial charge on any atom is 0.202 e. The summed E-state index contributed by atoms with van der Waals surface area (Å²) in [5.74, 6) is 0.568. The Labute approximate surface area is 99.4 Å². The van der Waals surface area contributed by atoms with Gasteiger partial charge < -0.3 is 10.5 Å². The second-order valence-corrected chi connectivity index (χ2v) is 4.43. The van der Waals surface area contributed by atoms with Gasteiger partial charge in [-0.2, -0.15) is 5.10 Å². The molecule has 6 nitrogen and oxygen atoms in total. The predicted molar refractivity (Wildman–Crippen MR) is 64.8 cm³/mol. The van der Waals surface area contributed by atoms with E-state index in [0.29, 0.717) is 18.6 Å². The number of anilines is 1. The van der Waals surface area contributed by atoms with Gasteiger partial charge in [-0.05, 0) is 20.3 Å². The van der Waals surface area contributed by atoms with E-state index in [4.69, 9.17) is 10.5 Å². The Kier molecular flexibility index (Phi) is 2.32. The van der Waals surface area contributed by atoms with Crippen LogP contribution < -0.4 is 5.73 Å². The third-order valence-electron chi connectivity index (χ3n) is 3.34. The summed E-state index contributed by atoms with van der Waals surface area (Å²) in [4.78, 5) is 4.43. The number of fused-ring (bicyclic) bond motifs is 1. The largest absolute Gasteiger partial charge is 0.379 e. The molecule has 6 heteroatoms. The Hall–Kier alpha value is -1.56. The molecule has 1 fully saturated rings. The molecule has 1 unspecified atom stereocenters. The van der Waals surface area contributed by atoms with E-state index in [-0.39, 0.29) is 0 Å². The Balaban J connectivity index is 2.24. The first-order valence-corrected chi connectivity index (χ1v) is 6.01. The van der Waals surface area contributed by atoms with Gasteiger partial charge in [0.15, 0.2) is 5.65 Å². The molecule has 0 aliphatic carbocycles. The summed E-state index contributed by atoms with van der Waals surface area (Å²) in [6, 6.07) is 0.293. The van der Waals surface area contributed by atoms with Crippen molar-refractivity contribution in [3.63, 3.8) is 0 Å². The summed E-state index contributed by atoms with van der Waals surface area (Å²) in [6.07, 6.45) is 0.990. The van der Waals surface area contributed by atoms with Crippen molar-refractivity contribution in [1.82, 2.24) is 19.3 Å². The summed E-state index contributed by atoms with van der Waals surface area (Å²) < 4.78 is 9.47. The zero-order valence-corrected chi connectivity index (χ0v) is 10.2. The van der Waals surface area contributed by atoms with E-state index in [1.165, 1.54) is 0 Å². The average molecular weight is 235 g/mol. The zero-order valence-electron chi connectivity index (χ0n) is 10.2. The molecule has 92 valence electrons. The van der Waals surface area contributed by atoms with Gasteiger partial charge in [0, 0.05) is 13.2 Å². The first kappa shape index (κ1) is 10.6. The number of imidazole rings is 1. The van der Waals surface area contributed by atoms with Crippen molar-refractivity contribution in [3.8, 4) is 0 Å².